The van der Waals surface area contributed by atoms with Crippen LogP contribution in [-0.2, 0) is 4.79 Å². The summed E-state index contributed by atoms with van der Waals surface area (Å²) in [4.78, 5) is 29.0. The molecule has 0 unspecified atom stereocenters. The Morgan fingerprint density at radius 3 is 2.69 bits per heavy atom. The van der Waals surface area contributed by atoms with Crippen molar-refractivity contribution in [2.24, 2.45) is 5.10 Å². The van der Waals surface area contributed by atoms with Crippen molar-refractivity contribution in [2.45, 2.75) is 13.0 Å². The highest BCUT2D eigenvalue weighted by molar-refractivity contribution is 5.84. The van der Waals surface area contributed by atoms with E-state index in [1.165, 1.54) is 17.1 Å². The molecule has 0 aliphatic rings. The van der Waals surface area contributed by atoms with Crippen LogP contribution in [0.25, 0.3) is 10.9 Å². The summed E-state index contributed by atoms with van der Waals surface area (Å²) < 4.78 is 6.37. The molecule has 3 aromatic rings. The lowest BCUT2D eigenvalue weighted by Crippen LogP contribution is -2.33. The molecule has 0 aliphatic heterocycles. The van der Waals surface area contributed by atoms with E-state index < -0.39 is 11.9 Å². The quantitative estimate of drug-likeness (QED) is 0.564. The third kappa shape index (κ3) is 3.61. The van der Waals surface area contributed by atoms with Gasteiger partial charge in [-0.3, -0.25) is 14.2 Å². The molecule has 1 atom stereocenters. The van der Waals surface area contributed by atoms with Crippen LogP contribution >= 0.6 is 0 Å². The van der Waals surface area contributed by atoms with E-state index in [4.69, 9.17) is 4.74 Å². The number of hydrazone groups is 1. The minimum Gasteiger partial charge on any atom is -0.497 e. The van der Waals surface area contributed by atoms with Crippen molar-refractivity contribution in [3.63, 3.8) is 0 Å². The van der Waals surface area contributed by atoms with Crippen LogP contribution in [0.4, 0.5) is 0 Å². The number of nitrogens with zero attached hydrogens (tertiary/aromatic N) is 3. The van der Waals surface area contributed by atoms with Crippen molar-refractivity contribution in [2.75, 3.05) is 7.11 Å². The maximum Gasteiger partial charge on any atom is 0.262 e. The zero-order valence-corrected chi connectivity index (χ0v) is 14.4. The molecule has 0 fully saturated rings. The van der Waals surface area contributed by atoms with Crippen molar-refractivity contribution in [3.8, 4) is 5.75 Å². The molecule has 1 aromatic heterocycles. The summed E-state index contributed by atoms with van der Waals surface area (Å²) in [5.41, 5.74) is 3.58. The summed E-state index contributed by atoms with van der Waals surface area (Å²) in [5, 5.41) is 4.40. The summed E-state index contributed by atoms with van der Waals surface area (Å²) in [5.74, 6) is 0.330. The lowest BCUT2D eigenvalue weighted by molar-refractivity contribution is -0.123. The third-order valence-electron chi connectivity index (χ3n) is 3.99. The van der Waals surface area contributed by atoms with Gasteiger partial charge in [0.1, 0.15) is 11.8 Å². The van der Waals surface area contributed by atoms with Gasteiger partial charge >= 0.3 is 0 Å². The fraction of sp³-hybridized carbons (Fsp3) is 0.158. The first kappa shape index (κ1) is 17.3. The smallest absolute Gasteiger partial charge is 0.262 e. The van der Waals surface area contributed by atoms with E-state index in [0.717, 1.165) is 11.3 Å². The maximum atomic E-state index is 12.5. The summed E-state index contributed by atoms with van der Waals surface area (Å²) in [6, 6.07) is 13.5. The third-order valence-corrected chi connectivity index (χ3v) is 3.99. The Morgan fingerprint density at radius 2 is 1.96 bits per heavy atom. The molecule has 1 N–H and O–H groups in total. The molecule has 0 saturated heterocycles. The number of benzene rings is 2. The van der Waals surface area contributed by atoms with Crippen LogP contribution in [-0.4, -0.2) is 28.8 Å². The zero-order valence-electron chi connectivity index (χ0n) is 14.4. The van der Waals surface area contributed by atoms with Crippen LogP contribution in [0.1, 0.15) is 18.5 Å². The second-order valence-electron chi connectivity index (χ2n) is 5.66. The monoisotopic (exact) mass is 350 g/mol. The number of ether oxygens (including phenoxy) is 1. The van der Waals surface area contributed by atoms with Crippen LogP contribution in [0.5, 0.6) is 5.75 Å². The molecular formula is C19H18N4O3. The van der Waals surface area contributed by atoms with Gasteiger partial charge in [-0.1, -0.05) is 12.1 Å². The van der Waals surface area contributed by atoms with E-state index in [2.05, 4.69) is 15.5 Å². The molecule has 0 bridgehead atoms. The van der Waals surface area contributed by atoms with Crippen molar-refractivity contribution in [1.29, 1.82) is 0 Å². The molecule has 0 spiro atoms. The highest BCUT2D eigenvalue weighted by atomic mass is 16.5. The van der Waals surface area contributed by atoms with Crippen molar-refractivity contribution >= 4 is 23.0 Å². The van der Waals surface area contributed by atoms with Gasteiger partial charge in [0.05, 0.1) is 30.6 Å². The average molecular weight is 350 g/mol. The summed E-state index contributed by atoms with van der Waals surface area (Å²) in [6.45, 7) is 1.62. The van der Waals surface area contributed by atoms with E-state index in [0.29, 0.717) is 10.9 Å². The second-order valence-corrected chi connectivity index (χ2v) is 5.66. The molecular weight excluding hydrogens is 332 g/mol. The van der Waals surface area contributed by atoms with Crippen molar-refractivity contribution in [3.05, 3.63) is 70.8 Å². The summed E-state index contributed by atoms with van der Waals surface area (Å²) in [7, 11) is 1.59. The van der Waals surface area contributed by atoms with Gasteiger partial charge in [0, 0.05) is 0 Å². The van der Waals surface area contributed by atoms with Gasteiger partial charge in [-0.05, 0) is 48.9 Å². The predicted octanol–water partition coefficient (Wildman–Crippen LogP) is 2.12. The van der Waals surface area contributed by atoms with E-state index in [9.17, 15) is 9.59 Å². The second kappa shape index (κ2) is 7.60. The number of carbonyl (C=O) groups excluding carboxylic acids is 1. The van der Waals surface area contributed by atoms with E-state index >= 15 is 0 Å². The largest absolute Gasteiger partial charge is 0.497 e. The number of aromatic nitrogens is 2. The molecule has 0 aliphatic carbocycles. The maximum absolute atomic E-state index is 12.5. The van der Waals surface area contributed by atoms with Gasteiger partial charge in [0.2, 0.25) is 0 Å². The number of rotatable bonds is 5. The number of nitrogens with one attached hydrogen (secondary N) is 1. The lowest BCUT2D eigenvalue weighted by Gasteiger charge is -2.13. The Morgan fingerprint density at radius 1 is 1.23 bits per heavy atom. The molecule has 3 rings (SSSR count). The molecule has 1 heterocycles. The van der Waals surface area contributed by atoms with Crippen molar-refractivity contribution in [1.82, 2.24) is 15.0 Å². The Bertz CT molecular complexity index is 1010. The SMILES string of the molecule is COc1ccc(/C=N\NC(=O)[C@@H](C)n2cnc3ccccc3c2=O)cc1. The highest BCUT2D eigenvalue weighted by Crippen LogP contribution is 2.10. The van der Waals surface area contributed by atoms with Gasteiger partial charge in [0.25, 0.3) is 11.5 Å². The predicted molar refractivity (Wildman–Crippen MR) is 99.4 cm³/mol. The fourth-order valence-electron chi connectivity index (χ4n) is 2.44. The molecule has 7 heteroatoms. The van der Waals surface area contributed by atoms with Crippen LogP contribution in [0.2, 0.25) is 0 Å². The Labute approximate surface area is 149 Å². The number of fused-ring (bicyclic) bond motifs is 1. The topological polar surface area (TPSA) is 85.6 Å². The first-order valence-electron chi connectivity index (χ1n) is 8.03. The molecule has 0 saturated carbocycles. The number of amides is 1. The molecule has 7 nitrogen and oxygen atoms in total. The van der Waals surface area contributed by atoms with E-state index in [1.54, 1.807) is 44.4 Å². The van der Waals surface area contributed by atoms with Gasteiger partial charge < -0.3 is 4.74 Å². The van der Waals surface area contributed by atoms with Gasteiger partial charge in [0.15, 0.2) is 0 Å². The van der Waals surface area contributed by atoms with Crippen LogP contribution in [0.15, 0.2) is 64.8 Å². The zero-order chi connectivity index (χ0) is 18.5. The Balaban J connectivity index is 1.72. The number of methoxy groups -OCH3 is 1. The summed E-state index contributed by atoms with van der Waals surface area (Å²) >= 11 is 0. The first-order valence-corrected chi connectivity index (χ1v) is 8.03. The Hall–Kier alpha value is -3.48. The number of hydrogen-bond acceptors (Lipinski definition) is 5. The Kier molecular flexibility index (Phi) is 5.07. The molecule has 26 heavy (non-hydrogen) atoms. The van der Waals surface area contributed by atoms with Gasteiger partial charge in [-0.25, -0.2) is 10.4 Å². The fourth-order valence-corrected chi connectivity index (χ4v) is 2.44. The number of para-hydroxylation sites is 1. The van der Waals surface area contributed by atoms with E-state index in [-0.39, 0.29) is 5.56 Å². The van der Waals surface area contributed by atoms with Gasteiger partial charge in [-0.2, -0.15) is 5.10 Å². The highest BCUT2D eigenvalue weighted by Gasteiger charge is 2.17. The molecule has 0 radical (unpaired) electrons. The molecule has 132 valence electrons. The average Bonchev–Trinajstić information content (AvgIpc) is 2.68. The molecule has 1 amide bonds. The standard InChI is InChI=1S/C19H18N4O3/c1-13(23-12-20-17-6-4-3-5-16(17)19(23)25)18(24)22-21-11-14-7-9-15(26-2)10-8-14/h3-13H,1-2H3,(H,22,24)/b21-11-/t13-/m1/s1. The van der Waals surface area contributed by atoms with Crippen molar-refractivity contribution < 1.29 is 9.53 Å². The van der Waals surface area contributed by atoms with Crippen LogP contribution in [0.3, 0.4) is 0 Å². The lowest BCUT2D eigenvalue weighted by atomic mass is 10.2. The first-order chi connectivity index (χ1) is 12.6. The molecule has 2 aromatic carbocycles. The van der Waals surface area contributed by atoms with E-state index in [1.807, 2.05) is 18.2 Å². The van der Waals surface area contributed by atoms with Crippen LogP contribution in [0, 0.1) is 0 Å². The van der Waals surface area contributed by atoms with Crippen LogP contribution < -0.4 is 15.7 Å². The normalized spacial score (nSPS) is 12.2. The van der Waals surface area contributed by atoms with Gasteiger partial charge in [-0.15, -0.1) is 0 Å². The minimum absolute atomic E-state index is 0.266. The number of carbonyl (C=O) groups is 1. The number of hydrogen-bond donors (Lipinski definition) is 1. The summed E-state index contributed by atoms with van der Waals surface area (Å²) in [6.07, 6.45) is 2.90. The minimum atomic E-state index is -0.743.